The largest absolute Gasteiger partial charge is 0.524 e. The molecular weight excluding hydrogens is 581 g/mol. The molecule has 2 aromatic carbocycles. The number of phosphoric acid groups is 1. The number of aromatic hydroxyl groups is 1. The Morgan fingerprint density at radius 3 is 2.64 bits per heavy atom. The minimum Gasteiger partial charge on any atom is -0.504 e. The fourth-order valence-corrected chi connectivity index (χ4v) is 5.93. The molecule has 1 atom stereocenters. The van der Waals surface area contributed by atoms with Crippen molar-refractivity contribution in [2.24, 2.45) is 0 Å². The summed E-state index contributed by atoms with van der Waals surface area (Å²) >= 11 is 5.68. The Labute approximate surface area is 249 Å². The molecule has 0 saturated carbocycles. The number of nitrogen functional groups attached to an aromatic ring is 1. The SMILES string of the molecule is CCCCc1nc2c(N)nc3cc(C(C)CC(C)(C)NC(=O)CCl)ccc3c2n1Cc1cccc(O)c1OP(=O)(O)O. The van der Waals surface area contributed by atoms with Crippen molar-refractivity contribution < 1.29 is 28.8 Å². The number of hydrogen-bond donors (Lipinski definition) is 5. The molecule has 4 aromatic rings. The molecule has 2 heterocycles. The number of pyridine rings is 1. The number of anilines is 1. The number of fused-ring (bicyclic) bond motifs is 3. The predicted molar refractivity (Wildman–Crippen MR) is 164 cm³/mol. The number of imidazole rings is 1. The molecule has 0 aliphatic rings. The maximum atomic E-state index is 11.9. The van der Waals surface area contributed by atoms with E-state index in [1.54, 1.807) is 12.1 Å². The Morgan fingerprint density at radius 2 is 1.98 bits per heavy atom. The van der Waals surface area contributed by atoms with E-state index in [0.29, 0.717) is 29.4 Å². The smallest absolute Gasteiger partial charge is 0.504 e. The van der Waals surface area contributed by atoms with Crippen molar-refractivity contribution in [2.75, 3.05) is 11.6 Å². The van der Waals surface area contributed by atoms with Crippen LogP contribution in [0.4, 0.5) is 5.82 Å². The van der Waals surface area contributed by atoms with E-state index in [4.69, 9.17) is 26.8 Å². The van der Waals surface area contributed by atoms with Crippen LogP contribution in [0, 0.1) is 0 Å². The third-order valence-corrected chi connectivity index (χ3v) is 7.82. The normalized spacial score (nSPS) is 13.0. The van der Waals surface area contributed by atoms with Gasteiger partial charge in [-0.3, -0.25) is 14.6 Å². The quantitative estimate of drug-likeness (QED) is 0.104. The van der Waals surface area contributed by atoms with E-state index in [-0.39, 0.29) is 41.6 Å². The van der Waals surface area contributed by atoms with E-state index in [0.717, 1.165) is 35.1 Å². The van der Waals surface area contributed by atoms with Gasteiger partial charge in [0, 0.05) is 22.9 Å². The van der Waals surface area contributed by atoms with Crippen molar-refractivity contribution in [3.63, 3.8) is 0 Å². The number of carbonyl (C=O) groups excluding carboxylic acids is 1. The summed E-state index contributed by atoms with van der Waals surface area (Å²) in [6.07, 6.45) is 3.09. The maximum Gasteiger partial charge on any atom is 0.524 e. The Bertz CT molecular complexity index is 1670. The molecule has 0 aliphatic heterocycles. The number of halogens is 1. The fourth-order valence-electron chi connectivity index (χ4n) is 5.41. The number of aryl methyl sites for hydroxylation is 1. The summed E-state index contributed by atoms with van der Waals surface area (Å²) < 4.78 is 18.5. The van der Waals surface area contributed by atoms with Gasteiger partial charge in [0.2, 0.25) is 5.91 Å². The Morgan fingerprint density at radius 1 is 1.24 bits per heavy atom. The first-order valence-electron chi connectivity index (χ1n) is 13.7. The number of unbranched alkanes of at least 4 members (excludes halogenated alkanes) is 1. The molecule has 0 saturated heterocycles. The predicted octanol–water partition coefficient (Wildman–Crippen LogP) is 5.36. The summed E-state index contributed by atoms with van der Waals surface area (Å²) in [6.45, 7) is 8.18. The van der Waals surface area contributed by atoms with Crippen LogP contribution in [0.1, 0.15) is 69.8 Å². The highest BCUT2D eigenvalue weighted by Crippen LogP contribution is 2.44. The minimum absolute atomic E-state index is 0.0726. The summed E-state index contributed by atoms with van der Waals surface area (Å²) in [4.78, 5) is 40.3. The first-order valence-corrected chi connectivity index (χ1v) is 15.8. The van der Waals surface area contributed by atoms with Crippen molar-refractivity contribution in [3.8, 4) is 11.5 Å². The average molecular weight is 618 g/mol. The van der Waals surface area contributed by atoms with E-state index in [1.807, 2.05) is 36.6 Å². The number of aromatic nitrogens is 3. The second kappa shape index (κ2) is 12.5. The van der Waals surface area contributed by atoms with Gasteiger partial charge >= 0.3 is 7.82 Å². The lowest BCUT2D eigenvalue weighted by Gasteiger charge is -2.29. The third kappa shape index (κ3) is 7.15. The number of para-hydroxylation sites is 1. The topological polar surface area (TPSA) is 173 Å². The van der Waals surface area contributed by atoms with Crippen molar-refractivity contribution >= 4 is 53.1 Å². The number of rotatable bonds is 12. The molecule has 6 N–H and O–H groups in total. The van der Waals surface area contributed by atoms with Crippen LogP contribution in [0.3, 0.4) is 0 Å². The highest BCUT2D eigenvalue weighted by molar-refractivity contribution is 7.46. The molecular formula is C29H37ClN5O6P. The molecule has 0 fully saturated rings. The summed E-state index contributed by atoms with van der Waals surface area (Å²) in [7, 11) is -4.94. The molecule has 11 nitrogen and oxygen atoms in total. The number of benzene rings is 2. The van der Waals surface area contributed by atoms with Crippen LogP contribution in [0.5, 0.6) is 11.5 Å². The average Bonchev–Trinajstić information content (AvgIpc) is 3.26. The van der Waals surface area contributed by atoms with Crippen molar-refractivity contribution in [1.82, 2.24) is 19.9 Å². The second-order valence-corrected chi connectivity index (χ2v) is 12.6. The number of nitrogens with two attached hydrogens (primary N) is 1. The molecule has 0 bridgehead atoms. The first-order chi connectivity index (χ1) is 19.7. The van der Waals surface area contributed by atoms with E-state index in [9.17, 15) is 24.3 Å². The van der Waals surface area contributed by atoms with Gasteiger partial charge in [0.05, 0.1) is 17.6 Å². The lowest BCUT2D eigenvalue weighted by molar-refractivity contribution is -0.120. The molecule has 42 heavy (non-hydrogen) atoms. The zero-order chi connectivity index (χ0) is 30.8. The second-order valence-electron chi connectivity index (χ2n) is 11.2. The highest BCUT2D eigenvalue weighted by atomic mass is 35.5. The van der Waals surface area contributed by atoms with E-state index in [2.05, 4.69) is 24.1 Å². The molecule has 1 unspecified atom stereocenters. The van der Waals surface area contributed by atoms with Gasteiger partial charge < -0.3 is 25.2 Å². The van der Waals surface area contributed by atoms with Crippen LogP contribution >= 0.6 is 19.4 Å². The molecule has 0 aliphatic carbocycles. The number of carbonyl (C=O) groups is 1. The van der Waals surface area contributed by atoms with Crippen molar-refractivity contribution in [3.05, 3.63) is 53.3 Å². The van der Waals surface area contributed by atoms with E-state index < -0.39 is 13.4 Å². The van der Waals surface area contributed by atoms with Gasteiger partial charge in [-0.25, -0.2) is 14.5 Å². The number of phenolic OH excluding ortho intramolecular Hbond substituents is 1. The highest BCUT2D eigenvalue weighted by Gasteiger charge is 2.26. The van der Waals surface area contributed by atoms with Crippen LogP contribution in [-0.2, 0) is 22.3 Å². The summed E-state index contributed by atoms with van der Waals surface area (Å²) in [6, 6.07) is 10.5. The van der Waals surface area contributed by atoms with Gasteiger partial charge in [-0.15, -0.1) is 11.6 Å². The van der Waals surface area contributed by atoms with Crippen molar-refractivity contribution in [1.29, 1.82) is 0 Å². The van der Waals surface area contributed by atoms with Crippen molar-refractivity contribution in [2.45, 2.75) is 71.4 Å². The Balaban J connectivity index is 1.83. The van der Waals surface area contributed by atoms with Gasteiger partial charge in [-0.05, 0) is 50.3 Å². The van der Waals surface area contributed by atoms with Crippen LogP contribution < -0.4 is 15.6 Å². The first kappa shape index (κ1) is 31.6. The molecule has 226 valence electrons. The van der Waals surface area contributed by atoms with Crippen LogP contribution in [0.2, 0.25) is 0 Å². The van der Waals surface area contributed by atoms with E-state index >= 15 is 0 Å². The molecule has 4 rings (SSSR count). The lowest BCUT2D eigenvalue weighted by atomic mass is 9.86. The van der Waals surface area contributed by atoms with Gasteiger partial charge in [-0.2, -0.15) is 0 Å². The van der Waals surface area contributed by atoms with Gasteiger partial charge in [0.25, 0.3) is 0 Å². The van der Waals surface area contributed by atoms with Gasteiger partial charge in [0.1, 0.15) is 17.2 Å². The van der Waals surface area contributed by atoms with Crippen LogP contribution in [0.15, 0.2) is 36.4 Å². The van der Waals surface area contributed by atoms with Gasteiger partial charge in [0.15, 0.2) is 17.3 Å². The Hall–Kier alpha value is -3.37. The number of phosphoric ester groups is 1. The number of amides is 1. The fraction of sp³-hybridized carbons (Fsp3) is 0.414. The molecule has 1 amide bonds. The zero-order valence-electron chi connectivity index (χ0n) is 24.1. The molecule has 0 radical (unpaired) electrons. The number of hydrogen-bond acceptors (Lipinski definition) is 7. The monoisotopic (exact) mass is 617 g/mol. The molecule has 0 spiro atoms. The zero-order valence-corrected chi connectivity index (χ0v) is 25.7. The maximum absolute atomic E-state index is 11.9. The third-order valence-electron chi connectivity index (χ3n) is 7.16. The number of alkyl halides is 1. The Kier molecular flexibility index (Phi) is 9.37. The number of nitrogens with one attached hydrogen (secondary N) is 1. The van der Waals surface area contributed by atoms with E-state index in [1.165, 1.54) is 6.07 Å². The van der Waals surface area contributed by atoms with Crippen LogP contribution in [0.25, 0.3) is 21.9 Å². The van der Waals surface area contributed by atoms with Crippen LogP contribution in [-0.4, -0.2) is 46.8 Å². The molecule has 2 aromatic heterocycles. The van der Waals surface area contributed by atoms with Gasteiger partial charge in [-0.1, -0.05) is 44.5 Å². The number of nitrogens with zero attached hydrogens (tertiary/aromatic N) is 3. The standard InChI is InChI=1S/C29H37ClN5O6P/c1-5-6-10-23-33-25-26(35(23)16-19-8-7-9-22(36)27(19)41-42(38,39)40)20-12-11-18(13-21(20)32-28(25)31)17(2)14-29(3,4)34-24(37)15-30/h7-9,11-13,17,36H,5-6,10,14-16H2,1-4H3,(H2,31,32)(H,34,37)(H2,38,39,40). The summed E-state index contributed by atoms with van der Waals surface area (Å²) in [5.74, 6) is 0.0614. The minimum atomic E-state index is -4.94. The molecule has 13 heteroatoms. The summed E-state index contributed by atoms with van der Waals surface area (Å²) in [5, 5.41) is 14.2. The lowest BCUT2D eigenvalue weighted by Crippen LogP contribution is -2.44. The summed E-state index contributed by atoms with van der Waals surface area (Å²) in [5.41, 5.74) is 9.27. The number of phenols is 1.